The highest BCUT2D eigenvalue weighted by Gasteiger charge is 2.38. The largest absolute Gasteiger partial charge is 0.444 e. The second-order valence-electron chi connectivity index (χ2n) is 7.84. The first kappa shape index (κ1) is 17.8. The molecule has 2 fully saturated rings. The van der Waals surface area contributed by atoms with Crippen molar-refractivity contribution in [3.8, 4) is 0 Å². The van der Waals surface area contributed by atoms with Crippen LogP contribution in [0.4, 0.5) is 4.79 Å². The van der Waals surface area contributed by atoms with Crippen LogP contribution < -0.4 is 5.32 Å². The van der Waals surface area contributed by atoms with Crippen LogP contribution in [-0.2, 0) is 14.3 Å². The van der Waals surface area contributed by atoms with E-state index in [2.05, 4.69) is 12.2 Å². The maximum atomic E-state index is 12.4. The highest BCUT2D eigenvalue weighted by molar-refractivity contribution is 5.96. The van der Waals surface area contributed by atoms with Crippen molar-refractivity contribution in [1.82, 2.24) is 10.2 Å². The molecule has 0 bridgehead atoms. The summed E-state index contributed by atoms with van der Waals surface area (Å²) >= 11 is 0. The Balaban J connectivity index is 1.82. The Morgan fingerprint density at radius 2 is 1.96 bits per heavy atom. The molecule has 0 unspecified atom stereocenters. The number of ether oxygens (including phenoxy) is 1. The molecule has 0 radical (unpaired) electrons. The van der Waals surface area contributed by atoms with Gasteiger partial charge in [-0.05, 0) is 39.0 Å². The van der Waals surface area contributed by atoms with Crippen molar-refractivity contribution in [2.24, 2.45) is 17.8 Å². The zero-order valence-electron chi connectivity index (χ0n) is 14.6. The van der Waals surface area contributed by atoms with Crippen LogP contribution in [-0.4, -0.2) is 47.9 Å². The molecule has 0 spiro atoms. The number of Topliss-reactive ketones (excluding diaryl/α,β-unsaturated/α-hetero) is 1. The quantitative estimate of drug-likeness (QED) is 0.861. The summed E-state index contributed by atoms with van der Waals surface area (Å²) < 4.78 is 5.25. The molecule has 1 N–H and O–H groups in total. The van der Waals surface area contributed by atoms with Gasteiger partial charge in [-0.15, -0.1) is 0 Å². The van der Waals surface area contributed by atoms with Crippen LogP contribution in [0.1, 0.15) is 47.0 Å². The fraction of sp³-hybridized carbons (Fsp3) is 0.824. The van der Waals surface area contributed by atoms with Crippen molar-refractivity contribution in [3.05, 3.63) is 0 Å². The fourth-order valence-electron chi connectivity index (χ4n) is 3.07. The highest BCUT2D eigenvalue weighted by Crippen LogP contribution is 2.29. The summed E-state index contributed by atoms with van der Waals surface area (Å²) in [6.07, 6.45) is 1.29. The van der Waals surface area contributed by atoms with E-state index in [1.807, 2.05) is 25.7 Å². The summed E-state index contributed by atoms with van der Waals surface area (Å²) in [6, 6.07) is 0. The van der Waals surface area contributed by atoms with Gasteiger partial charge in [-0.1, -0.05) is 6.92 Å². The van der Waals surface area contributed by atoms with E-state index in [-0.39, 0.29) is 23.5 Å². The predicted octanol–water partition coefficient (Wildman–Crippen LogP) is 1.97. The minimum Gasteiger partial charge on any atom is -0.444 e. The van der Waals surface area contributed by atoms with Gasteiger partial charge < -0.3 is 15.0 Å². The Kier molecular flexibility index (Phi) is 5.32. The minimum atomic E-state index is -0.513. The number of amides is 2. The number of piperidine rings is 1. The third-order valence-corrected chi connectivity index (χ3v) is 4.63. The molecule has 1 saturated heterocycles. The van der Waals surface area contributed by atoms with Gasteiger partial charge in [0.15, 0.2) is 0 Å². The average molecular weight is 324 g/mol. The van der Waals surface area contributed by atoms with Gasteiger partial charge >= 0.3 is 6.09 Å². The molecule has 23 heavy (non-hydrogen) atoms. The molecule has 2 atom stereocenters. The number of ketones is 1. The first-order valence-electron chi connectivity index (χ1n) is 8.43. The number of nitrogens with zero attached hydrogens (tertiary/aromatic N) is 1. The molecule has 1 aliphatic carbocycles. The van der Waals surface area contributed by atoms with E-state index in [1.54, 1.807) is 0 Å². The summed E-state index contributed by atoms with van der Waals surface area (Å²) in [7, 11) is 0. The van der Waals surface area contributed by atoms with Gasteiger partial charge in [0.2, 0.25) is 5.91 Å². The van der Waals surface area contributed by atoms with Crippen LogP contribution in [0.25, 0.3) is 0 Å². The fourth-order valence-corrected chi connectivity index (χ4v) is 3.07. The third kappa shape index (κ3) is 4.94. The highest BCUT2D eigenvalue weighted by atomic mass is 16.6. The Morgan fingerprint density at radius 3 is 2.52 bits per heavy atom. The molecule has 2 rings (SSSR count). The van der Waals surface area contributed by atoms with E-state index < -0.39 is 11.7 Å². The van der Waals surface area contributed by atoms with Gasteiger partial charge in [-0.25, -0.2) is 4.79 Å². The number of hydrogen-bond donors (Lipinski definition) is 1. The smallest absolute Gasteiger partial charge is 0.407 e. The van der Waals surface area contributed by atoms with Gasteiger partial charge in [0, 0.05) is 32.5 Å². The van der Waals surface area contributed by atoms with Gasteiger partial charge in [-0.3, -0.25) is 9.59 Å². The first-order chi connectivity index (χ1) is 10.7. The van der Waals surface area contributed by atoms with Crippen molar-refractivity contribution in [2.45, 2.75) is 52.6 Å². The molecule has 0 aromatic carbocycles. The molecule has 0 aromatic heterocycles. The van der Waals surface area contributed by atoms with E-state index in [0.29, 0.717) is 31.8 Å². The average Bonchev–Trinajstić information content (AvgIpc) is 2.40. The van der Waals surface area contributed by atoms with Crippen LogP contribution in [0.15, 0.2) is 0 Å². The Bertz CT molecular complexity index is 475. The van der Waals surface area contributed by atoms with Crippen molar-refractivity contribution in [1.29, 1.82) is 0 Å². The lowest BCUT2D eigenvalue weighted by molar-refractivity contribution is -0.146. The molecule has 1 heterocycles. The Hall–Kier alpha value is -1.59. The minimum absolute atomic E-state index is 0.0961. The number of likely N-dealkylation sites (tertiary alicyclic amines) is 1. The maximum absolute atomic E-state index is 12.4. The van der Waals surface area contributed by atoms with Crippen LogP contribution in [0.5, 0.6) is 0 Å². The van der Waals surface area contributed by atoms with Crippen LogP contribution in [0, 0.1) is 17.8 Å². The van der Waals surface area contributed by atoms with Crippen LogP contribution >= 0.6 is 0 Å². The zero-order chi connectivity index (χ0) is 17.2. The Morgan fingerprint density at radius 1 is 1.30 bits per heavy atom. The summed E-state index contributed by atoms with van der Waals surface area (Å²) in [5, 5.41) is 2.81. The lowest BCUT2D eigenvalue weighted by Crippen LogP contribution is -2.50. The molecule has 2 amide bonds. The van der Waals surface area contributed by atoms with E-state index in [4.69, 9.17) is 4.74 Å². The molecule has 0 aromatic rings. The molecule has 6 heteroatoms. The molecular formula is C17H28N2O4. The zero-order valence-corrected chi connectivity index (χ0v) is 14.6. The van der Waals surface area contributed by atoms with Crippen molar-refractivity contribution in [3.63, 3.8) is 0 Å². The van der Waals surface area contributed by atoms with Crippen molar-refractivity contribution in [2.75, 3.05) is 19.6 Å². The third-order valence-electron chi connectivity index (χ3n) is 4.63. The summed E-state index contributed by atoms with van der Waals surface area (Å²) in [5.41, 5.74) is -0.513. The SMILES string of the molecule is C[C@H]1CCN(C(=O)C2CC(=O)C2)C[C@@H]1CNC(=O)OC(C)(C)C. The number of nitrogens with one attached hydrogen (secondary N) is 1. The lowest BCUT2D eigenvalue weighted by Gasteiger charge is -2.40. The summed E-state index contributed by atoms with van der Waals surface area (Å²) in [5.74, 6) is 0.819. The number of alkyl carbamates (subject to hydrolysis) is 1. The summed E-state index contributed by atoms with van der Waals surface area (Å²) in [4.78, 5) is 37.1. The van der Waals surface area contributed by atoms with Crippen molar-refractivity contribution < 1.29 is 19.1 Å². The standard InChI is InChI=1S/C17H28N2O4/c1-11-5-6-19(15(21)12-7-14(20)8-12)10-13(11)9-18-16(22)23-17(2,3)4/h11-13H,5-10H2,1-4H3,(H,18,22)/t11-,13-/m0/s1. The second kappa shape index (κ2) is 6.89. The number of hydrogen-bond acceptors (Lipinski definition) is 4. The van der Waals surface area contributed by atoms with Crippen molar-refractivity contribution >= 4 is 17.8 Å². The van der Waals surface area contributed by atoms with Gasteiger partial charge in [0.25, 0.3) is 0 Å². The van der Waals surface area contributed by atoms with E-state index in [9.17, 15) is 14.4 Å². The molecule has 130 valence electrons. The predicted molar refractivity (Wildman–Crippen MR) is 85.8 cm³/mol. The van der Waals surface area contributed by atoms with E-state index >= 15 is 0 Å². The molecule has 1 saturated carbocycles. The van der Waals surface area contributed by atoms with Gasteiger partial charge in [0.05, 0.1) is 5.92 Å². The molecule has 6 nitrogen and oxygen atoms in total. The second-order valence-corrected chi connectivity index (χ2v) is 7.84. The molecule has 2 aliphatic rings. The number of carbonyl (C=O) groups is 3. The number of rotatable bonds is 3. The first-order valence-corrected chi connectivity index (χ1v) is 8.43. The van der Waals surface area contributed by atoms with Crippen LogP contribution in [0.2, 0.25) is 0 Å². The number of carbonyl (C=O) groups excluding carboxylic acids is 3. The topological polar surface area (TPSA) is 75.7 Å². The summed E-state index contributed by atoms with van der Waals surface area (Å²) in [6.45, 7) is 9.52. The maximum Gasteiger partial charge on any atom is 0.407 e. The lowest BCUT2D eigenvalue weighted by atomic mass is 9.81. The molecular weight excluding hydrogens is 296 g/mol. The Labute approximate surface area is 137 Å². The monoisotopic (exact) mass is 324 g/mol. The molecule has 1 aliphatic heterocycles. The van der Waals surface area contributed by atoms with Gasteiger partial charge in [0.1, 0.15) is 11.4 Å². The van der Waals surface area contributed by atoms with E-state index in [1.165, 1.54) is 0 Å². The van der Waals surface area contributed by atoms with Gasteiger partial charge in [-0.2, -0.15) is 0 Å². The normalized spacial score (nSPS) is 25.7. The van der Waals surface area contributed by atoms with Crippen LogP contribution in [0.3, 0.4) is 0 Å². The van der Waals surface area contributed by atoms with E-state index in [0.717, 1.165) is 13.0 Å².